The van der Waals surface area contributed by atoms with Crippen molar-refractivity contribution in [2.45, 2.75) is 84.0 Å². The number of unbranched alkanes of at least 4 members (excludes halogenated alkanes) is 9. The maximum absolute atomic E-state index is 10.2. The van der Waals surface area contributed by atoms with Gasteiger partial charge in [0.25, 0.3) is 0 Å². The molecule has 0 fully saturated rings. The molecule has 10 heteroatoms. The summed E-state index contributed by atoms with van der Waals surface area (Å²) in [5.74, 6) is -2.15. The molecule has 0 spiro atoms. The summed E-state index contributed by atoms with van der Waals surface area (Å²) in [4.78, 5) is 19.3. The van der Waals surface area contributed by atoms with Crippen molar-refractivity contribution in [1.29, 1.82) is 0 Å². The summed E-state index contributed by atoms with van der Waals surface area (Å²) in [7, 11) is -4.23. The first-order chi connectivity index (χ1) is 11.7. The van der Waals surface area contributed by atoms with Crippen LogP contribution in [0.2, 0.25) is 0 Å². The fourth-order valence-corrected chi connectivity index (χ4v) is 2.30. The van der Waals surface area contributed by atoms with Crippen molar-refractivity contribution in [3.63, 3.8) is 0 Å². The van der Waals surface area contributed by atoms with Crippen molar-refractivity contribution < 1.29 is 67.9 Å². The molecule has 0 atom stereocenters. The molecule has 152 valence electrons. The van der Waals surface area contributed by atoms with Gasteiger partial charge in [-0.25, -0.2) is 4.18 Å². The van der Waals surface area contributed by atoms with Gasteiger partial charge in [0.05, 0.1) is 19.4 Å². The summed E-state index contributed by atoms with van der Waals surface area (Å²) in [5.41, 5.74) is 0. The predicted octanol–water partition coefficient (Wildman–Crippen LogP) is 0.779. The number of hydrogen-bond donors (Lipinski definition) is 3. The minimum atomic E-state index is -4.23. The van der Waals surface area contributed by atoms with Crippen LogP contribution in [0.3, 0.4) is 0 Å². The Hall–Kier alpha value is -0.190. The number of aliphatic carboxylic acids is 2. The third kappa shape index (κ3) is 35.0. The van der Waals surface area contributed by atoms with Gasteiger partial charge in [-0.3, -0.25) is 14.1 Å². The second kappa shape index (κ2) is 21.1. The predicted molar refractivity (Wildman–Crippen MR) is 95.0 cm³/mol. The van der Waals surface area contributed by atoms with Gasteiger partial charge in [0.1, 0.15) is 0 Å². The largest absolute Gasteiger partial charge is 1.00 e. The van der Waals surface area contributed by atoms with Gasteiger partial charge in [0.2, 0.25) is 0 Å². The molecular formula is C16H33NaO8S. The third-order valence-corrected chi connectivity index (χ3v) is 3.75. The van der Waals surface area contributed by atoms with Crippen LogP contribution >= 0.6 is 0 Å². The van der Waals surface area contributed by atoms with Gasteiger partial charge in [-0.05, 0) is 6.42 Å². The zero-order valence-corrected chi connectivity index (χ0v) is 18.8. The van der Waals surface area contributed by atoms with E-state index in [0.717, 1.165) is 12.8 Å². The molecule has 26 heavy (non-hydrogen) atoms. The monoisotopic (exact) mass is 408 g/mol. The van der Waals surface area contributed by atoms with E-state index in [-0.39, 0.29) is 50.4 Å². The van der Waals surface area contributed by atoms with Crippen LogP contribution in [0.1, 0.15) is 85.4 Å². The van der Waals surface area contributed by atoms with Crippen LogP contribution in [0, 0.1) is 0 Å². The molecular weight excluding hydrogens is 375 g/mol. The first-order valence-electron chi connectivity index (χ1n) is 8.74. The molecule has 0 saturated carbocycles. The Balaban J connectivity index is -0.000000226. The maximum atomic E-state index is 10.2. The summed E-state index contributed by atoms with van der Waals surface area (Å²) in [6, 6.07) is 0. The Morgan fingerprint density at radius 2 is 1.15 bits per heavy atom. The molecule has 0 aliphatic carbocycles. The van der Waals surface area contributed by atoms with E-state index < -0.39 is 22.3 Å². The van der Waals surface area contributed by atoms with Gasteiger partial charge in [-0.2, -0.15) is 8.42 Å². The minimum absolute atomic E-state index is 0. The molecule has 0 aliphatic rings. The van der Waals surface area contributed by atoms with Gasteiger partial charge in [-0.15, -0.1) is 0 Å². The van der Waals surface area contributed by atoms with Crippen LogP contribution in [0.4, 0.5) is 0 Å². The first-order valence-corrected chi connectivity index (χ1v) is 10.1. The van der Waals surface area contributed by atoms with E-state index in [2.05, 4.69) is 11.1 Å². The minimum Gasteiger partial charge on any atom is -1.00 e. The number of carboxylic acids is 2. The van der Waals surface area contributed by atoms with E-state index in [4.69, 9.17) is 14.8 Å². The number of rotatable bonds is 15. The molecule has 0 rings (SSSR count). The summed E-state index contributed by atoms with van der Waals surface area (Å²) >= 11 is 0. The normalized spacial score (nSPS) is 10.4. The molecule has 0 aromatic heterocycles. The third-order valence-electron chi connectivity index (χ3n) is 3.28. The van der Waals surface area contributed by atoms with Crippen molar-refractivity contribution in [3.05, 3.63) is 0 Å². The van der Waals surface area contributed by atoms with Crippen LogP contribution in [0.25, 0.3) is 0 Å². The van der Waals surface area contributed by atoms with Crippen LogP contribution in [0.5, 0.6) is 0 Å². The van der Waals surface area contributed by atoms with Crippen molar-refractivity contribution in [2.75, 3.05) is 6.61 Å². The molecule has 0 amide bonds. The van der Waals surface area contributed by atoms with E-state index in [1.54, 1.807) is 0 Å². The molecule has 0 unspecified atom stereocenters. The van der Waals surface area contributed by atoms with Crippen LogP contribution < -0.4 is 29.6 Å². The van der Waals surface area contributed by atoms with Gasteiger partial charge < -0.3 is 11.6 Å². The SMILES string of the molecule is CCCCCCCCCCCCOS(=O)(=O)O.O=C(O)CCC(=O)O.[H-].[Na+]. The van der Waals surface area contributed by atoms with Crippen molar-refractivity contribution >= 4 is 22.3 Å². The summed E-state index contributed by atoms with van der Waals surface area (Å²) in [6.07, 6.45) is 11.3. The number of hydrogen-bond acceptors (Lipinski definition) is 5. The summed E-state index contributed by atoms with van der Waals surface area (Å²) in [5, 5.41) is 15.8. The van der Waals surface area contributed by atoms with Crippen molar-refractivity contribution in [2.24, 2.45) is 0 Å². The average molecular weight is 408 g/mol. The Morgan fingerprint density at radius 1 is 0.808 bits per heavy atom. The second-order valence-corrected chi connectivity index (χ2v) is 6.81. The first kappa shape index (κ1) is 30.5. The van der Waals surface area contributed by atoms with E-state index in [0.29, 0.717) is 6.42 Å². The molecule has 0 saturated heterocycles. The summed E-state index contributed by atoms with van der Waals surface area (Å²) < 4.78 is 33.0. The van der Waals surface area contributed by atoms with Gasteiger partial charge >= 0.3 is 51.9 Å². The smallest absolute Gasteiger partial charge is 1.00 e. The summed E-state index contributed by atoms with van der Waals surface area (Å²) in [6.45, 7) is 2.31. The van der Waals surface area contributed by atoms with Crippen LogP contribution in [-0.4, -0.2) is 41.7 Å². The second-order valence-electron chi connectivity index (χ2n) is 5.72. The quantitative estimate of drug-likeness (QED) is 0.205. The van der Waals surface area contributed by atoms with E-state index >= 15 is 0 Å². The van der Waals surface area contributed by atoms with E-state index in [1.165, 1.54) is 44.9 Å². The molecule has 0 radical (unpaired) electrons. The van der Waals surface area contributed by atoms with Crippen molar-refractivity contribution in [3.8, 4) is 0 Å². The molecule has 8 nitrogen and oxygen atoms in total. The zero-order chi connectivity index (χ0) is 19.6. The van der Waals surface area contributed by atoms with Gasteiger partial charge in [0, 0.05) is 0 Å². The Morgan fingerprint density at radius 3 is 1.46 bits per heavy atom. The topological polar surface area (TPSA) is 138 Å². The Bertz CT molecular complexity index is 432. The Labute approximate surface area is 180 Å². The molecule has 0 heterocycles. The number of carboxylic acid groups (broad SMARTS) is 2. The Kier molecular flexibility index (Phi) is 24.8. The van der Waals surface area contributed by atoms with Crippen LogP contribution in [0.15, 0.2) is 0 Å². The van der Waals surface area contributed by atoms with Gasteiger partial charge in [0.15, 0.2) is 0 Å². The maximum Gasteiger partial charge on any atom is 1.00 e. The van der Waals surface area contributed by atoms with Gasteiger partial charge in [-0.1, -0.05) is 64.7 Å². The molecule has 0 bridgehead atoms. The molecule has 0 aliphatic heterocycles. The number of carbonyl (C=O) groups is 2. The molecule has 3 N–H and O–H groups in total. The van der Waals surface area contributed by atoms with Crippen LogP contribution in [-0.2, 0) is 24.2 Å². The fraction of sp³-hybridized carbons (Fsp3) is 0.875. The molecule has 0 aromatic carbocycles. The van der Waals surface area contributed by atoms with Crippen molar-refractivity contribution in [1.82, 2.24) is 0 Å². The van der Waals surface area contributed by atoms with E-state index in [1.807, 2.05) is 0 Å². The molecule has 0 aromatic rings. The standard InChI is InChI=1S/C12H26O4S.C4H6O4.Na.H/c1-2-3-4-5-6-7-8-9-10-11-12-16-17(13,14)15;5-3(6)1-2-4(7)8;;/h2-12H2,1H3,(H,13,14,15);1-2H2,(H,5,6)(H,7,8);;/q;;+1;-1. The van der Waals surface area contributed by atoms with E-state index in [9.17, 15) is 18.0 Å². The zero-order valence-electron chi connectivity index (χ0n) is 17.0. The fourth-order valence-electron chi connectivity index (χ4n) is 1.97. The average Bonchev–Trinajstić information content (AvgIpc) is 2.50.